The van der Waals surface area contributed by atoms with Crippen LogP contribution in [0.4, 0.5) is 0 Å². The summed E-state index contributed by atoms with van der Waals surface area (Å²) in [7, 11) is -1.86. The third-order valence-electron chi connectivity index (χ3n) is 4.87. The Morgan fingerprint density at radius 2 is 1.67 bits per heavy atom. The summed E-state index contributed by atoms with van der Waals surface area (Å²) >= 11 is 0. The van der Waals surface area contributed by atoms with Crippen molar-refractivity contribution >= 4 is 14.3 Å². The maximum atomic E-state index is 12.1. The third kappa shape index (κ3) is 6.89. The van der Waals surface area contributed by atoms with Gasteiger partial charge in [0.2, 0.25) is 6.04 Å². The second-order valence-electron chi connectivity index (χ2n) is 8.87. The Morgan fingerprint density at radius 1 is 1.17 bits per heavy atom. The zero-order chi connectivity index (χ0) is 19.3. The highest BCUT2D eigenvalue weighted by atomic mass is 28.4. The van der Waals surface area contributed by atoms with Gasteiger partial charge in [-0.3, -0.25) is 14.9 Å². The van der Waals surface area contributed by atoms with Crippen molar-refractivity contribution in [1.82, 2.24) is 0 Å². The van der Waals surface area contributed by atoms with Crippen molar-refractivity contribution in [2.75, 3.05) is 13.2 Å². The Balaban J connectivity index is 4.62. The Hall–Kier alpha value is -0.953. The SMILES string of the molecule is CC[C@H]([C@@H](C)C(=O)OCC(C)(C)CO[Si](C)(C)C(C)(C)C)[N+](=O)[O-]. The first kappa shape index (κ1) is 23.0. The van der Waals surface area contributed by atoms with Crippen LogP contribution in [-0.2, 0) is 14.0 Å². The molecule has 6 nitrogen and oxygen atoms in total. The molecule has 0 spiro atoms. The number of nitro groups is 1. The van der Waals surface area contributed by atoms with Gasteiger partial charge in [-0.1, -0.05) is 41.5 Å². The molecule has 0 aliphatic carbocycles. The standard InChI is InChI=1S/C17H35NO5Si/c1-10-14(18(20)21)13(2)15(19)22-11-17(6,7)12-23-24(8,9)16(3,4)5/h13-14H,10-12H2,1-9H3/t13-,14-/m1/s1. The second-order valence-corrected chi connectivity index (χ2v) is 13.7. The number of rotatable bonds is 9. The van der Waals surface area contributed by atoms with Gasteiger partial charge in [0.1, 0.15) is 5.92 Å². The van der Waals surface area contributed by atoms with E-state index in [1.54, 1.807) is 13.8 Å². The van der Waals surface area contributed by atoms with Crippen LogP contribution in [0.1, 0.15) is 54.9 Å². The number of carbonyl (C=O) groups is 1. The lowest BCUT2D eigenvalue weighted by molar-refractivity contribution is -0.529. The van der Waals surface area contributed by atoms with E-state index in [-0.39, 0.29) is 17.1 Å². The smallest absolute Gasteiger partial charge is 0.315 e. The molecule has 0 saturated carbocycles. The predicted molar refractivity (Wildman–Crippen MR) is 98.1 cm³/mol. The van der Waals surface area contributed by atoms with E-state index in [9.17, 15) is 14.9 Å². The maximum Gasteiger partial charge on any atom is 0.315 e. The second kappa shape index (κ2) is 8.42. The van der Waals surface area contributed by atoms with Crippen LogP contribution in [0.3, 0.4) is 0 Å². The number of hydrogen-bond acceptors (Lipinski definition) is 5. The van der Waals surface area contributed by atoms with Crippen LogP contribution in [0.25, 0.3) is 0 Å². The lowest BCUT2D eigenvalue weighted by Gasteiger charge is -2.38. The molecule has 0 N–H and O–H groups in total. The molecule has 0 saturated heterocycles. The summed E-state index contributed by atoms with van der Waals surface area (Å²) in [6.45, 7) is 18.8. The molecule has 0 aromatic carbocycles. The summed E-state index contributed by atoms with van der Waals surface area (Å²) in [5.41, 5.74) is -0.332. The molecule has 0 fully saturated rings. The van der Waals surface area contributed by atoms with Crippen molar-refractivity contribution in [2.45, 2.75) is 79.1 Å². The molecule has 0 amide bonds. The summed E-state index contributed by atoms with van der Waals surface area (Å²) in [5, 5.41) is 11.1. The van der Waals surface area contributed by atoms with Crippen LogP contribution in [0, 0.1) is 21.4 Å². The Kier molecular flexibility index (Phi) is 8.09. The third-order valence-corrected chi connectivity index (χ3v) is 9.35. The minimum absolute atomic E-state index is 0.119. The van der Waals surface area contributed by atoms with E-state index < -0.39 is 31.2 Å². The minimum Gasteiger partial charge on any atom is -0.465 e. The summed E-state index contributed by atoms with van der Waals surface area (Å²) in [4.78, 5) is 22.7. The minimum atomic E-state index is -1.86. The summed E-state index contributed by atoms with van der Waals surface area (Å²) in [6, 6.07) is -0.899. The first-order chi connectivity index (χ1) is 10.6. The van der Waals surface area contributed by atoms with Crippen molar-refractivity contribution in [1.29, 1.82) is 0 Å². The lowest BCUT2D eigenvalue weighted by Crippen LogP contribution is -2.44. The van der Waals surface area contributed by atoms with Crippen molar-refractivity contribution in [3.63, 3.8) is 0 Å². The highest BCUT2D eigenvalue weighted by Crippen LogP contribution is 2.37. The summed E-state index contributed by atoms with van der Waals surface area (Å²) in [5.74, 6) is -1.26. The Bertz CT molecular complexity index is 443. The molecule has 0 radical (unpaired) electrons. The average Bonchev–Trinajstić information content (AvgIpc) is 2.42. The van der Waals surface area contributed by atoms with Gasteiger partial charge < -0.3 is 9.16 Å². The molecule has 24 heavy (non-hydrogen) atoms. The first-order valence-corrected chi connectivity index (χ1v) is 11.5. The van der Waals surface area contributed by atoms with Crippen molar-refractivity contribution < 1.29 is 18.9 Å². The highest BCUT2D eigenvalue weighted by molar-refractivity contribution is 6.74. The summed E-state index contributed by atoms with van der Waals surface area (Å²) in [6.07, 6.45) is 0.307. The van der Waals surface area contributed by atoms with Crippen LogP contribution in [-0.4, -0.2) is 38.5 Å². The molecule has 0 aromatic rings. The fourth-order valence-corrected chi connectivity index (χ4v) is 3.06. The quantitative estimate of drug-likeness (QED) is 0.265. The largest absolute Gasteiger partial charge is 0.465 e. The fraction of sp³-hybridized carbons (Fsp3) is 0.941. The number of carbonyl (C=O) groups excluding carboxylic acids is 1. The molecule has 0 heterocycles. The van der Waals surface area contributed by atoms with E-state index in [4.69, 9.17) is 9.16 Å². The van der Waals surface area contributed by atoms with Gasteiger partial charge in [0.05, 0.1) is 6.61 Å². The summed E-state index contributed by atoms with van der Waals surface area (Å²) < 4.78 is 11.5. The normalized spacial score (nSPS) is 15.7. The van der Waals surface area contributed by atoms with E-state index in [0.717, 1.165) is 0 Å². The zero-order valence-corrected chi connectivity index (χ0v) is 17.8. The molecule has 7 heteroatoms. The van der Waals surface area contributed by atoms with Crippen molar-refractivity contribution in [2.24, 2.45) is 11.3 Å². The van der Waals surface area contributed by atoms with Crippen LogP contribution in [0.2, 0.25) is 18.1 Å². The van der Waals surface area contributed by atoms with Crippen LogP contribution in [0.15, 0.2) is 0 Å². The Morgan fingerprint density at radius 3 is 2.04 bits per heavy atom. The van der Waals surface area contributed by atoms with Gasteiger partial charge in [0.15, 0.2) is 8.32 Å². The molecule has 0 aromatic heterocycles. The van der Waals surface area contributed by atoms with E-state index in [1.165, 1.54) is 0 Å². The van der Waals surface area contributed by atoms with Gasteiger partial charge in [0, 0.05) is 23.4 Å². The van der Waals surface area contributed by atoms with Gasteiger partial charge in [-0.15, -0.1) is 0 Å². The molecular weight excluding hydrogens is 326 g/mol. The molecule has 2 atom stereocenters. The molecule has 0 bridgehead atoms. The maximum absolute atomic E-state index is 12.1. The fourth-order valence-electron chi connectivity index (χ4n) is 1.87. The molecule has 142 valence electrons. The molecular formula is C17H35NO5Si. The topological polar surface area (TPSA) is 78.7 Å². The number of esters is 1. The van der Waals surface area contributed by atoms with Gasteiger partial charge >= 0.3 is 5.97 Å². The van der Waals surface area contributed by atoms with Crippen LogP contribution in [0.5, 0.6) is 0 Å². The molecule has 0 aliphatic heterocycles. The number of nitrogens with zero attached hydrogens (tertiary/aromatic N) is 1. The predicted octanol–water partition coefficient (Wildman–Crippen LogP) is 4.27. The monoisotopic (exact) mass is 361 g/mol. The van der Waals surface area contributed by atoms with Crippen LogP contribution >= 0.6 is 0 Å². The van der Waals surface area contributed by atoms with Crippen LogP contribution < -0.4 is 0 Å². The molecule has 0 aliphatic rings. The average molecular weight is 362 g/mol. The first-order valence-electron chi connectivity index (χ1n) is 8.58. The molecule has 0 rings (SSSR count). The number of hydrogen-bond donors (Lipinski definition) is 0. The van der Waals surface area contributed by atoms with Gasteiger partial charge in [-0.2, -0.15) is 0 Å². The van der Waals surface area contributed by atoms with E-state index >= 15 is 0 Å². The van der Waals surface area contributed by atoms with E-state index in [0.29, 0.717) is 13.0 Å². The molecule has 0 unspecified atom stereocenters. The van der Waals surface area contributed by atoms with Gasteiger partial charge in [0.25, 0.3) is 0 Å². The Labute approximate surface area is 147 Å². The van der Waals surface area contributed by atoms with E-state index in [2.05, 4.69) is 33.9 Å². The number of ether oxygens (including phenoxy) is 1. The van der Waals surface area contributed by atoms with Gasteiger partial charge in [-0.05, 0) is 25.1 Å². The van der Waals surface area contributed by atoms with Crippen molar-refractivity contribution in [3.8, 4) is 0 Å². The van der Waals surface area contributed by atoms with E-state index in [1.807, 2.05) is 13.8 Å². The highest BCUT2D eigenvalue weighted by Gasteiger charge is 2.39. The lowest BCUT2D eigenvalue weighted by atomic mass is 9.96. The van der Waals surface area contributed by atoms with Gasteiger partial charge in [-0.25, -0.2) is 0 Å². The van der Waals surface area contributed by atoms with Crippen molar-refractivity contribution in [3.05, 3.63) is 10.1 Å². The zero-order valence-electron chi connectivity index (χ0n) is 16.8.